The summed E-state index contributed by atoms with van der Waals surface area (Å²) in [6.45, 7) is 3.41. The van der Waals surface area contributed by atoms with Crippen LogP contribution in [0.3, 0.4) is 0 Å². The molecule has 0 aliphatic carbocycles. The number of aliphatic carboxylic acids is 2. The number of carbonyl (C=O) groups is 3. The van der Waals surface area contributed by atoms with E-state index in [9.17, 15) is 19.5 Å². The molecular formula is C11H13NO7. The molecule has 2 heterocycles. The summed E-state index contributed by atoms with van der Waals surface area (Å²) in [6, 6.07) is -1.51. The van der Waals surface area contributed by atoms with Crippen molar-refractivity contribution in [3.63, 3.8) is 0 Å². The Morgan fingerprint density at radius 2 is 2.11 bits per heavy atom. The number of hydrogen-bond acceptors (Lipinski definition) is 5. The van der Waals surface area contributed by atoms with Crippen LogP contribution in [0, 0.1) is 5.92 Å². The fourth-order valence-electron chi connectivity index (χ4n) is 2.80. The molecule has 0 aromatic carbocycles. The highest BCUT2D eigenvalue weighted by Gasteiger charge is 2.68. The molecule has 0 aromatic rings. The number of aliphatic hydroxyl groups is 1. The minimum Gasteiger partial charge on any atom is -0.481 e. The van der Waals surface area contributed by atoms with Crippen molar-refractivity contribution in [1.82, 2.24) is 5.32 Å². The number of nitrogens with one attached hydrogen (secondary N) is 1. The first-order chi connectivity index (χ1) is 8.83. The highest BCUT2D eigenvalue weighted by atomic mass is 16.5. The largest absolute Gasteiger partial charge is 0.481 e. The molecule has 1 amide bonds. The Bertz CT molecular complexity index is 462. The Balaban J connectivity index is 2.48. The Labute approximate surface area is 107 Å². The maximum absolute atomic E-state index is 11.8. The molecule has 8 nitrogen and oxygen atoms in total. The quantitative estimate of drug-likeness (QED) is 0.450. The first-order valence-electron chi connectivity index (χ1n) is 5.57. The number of rotatable bonds is 4. The number of amides is 1. The van der Waals surface area contributed by atoms with E-state index in [1.807, 2.05) is 0 Å². The number of fused-ring (bicyclic) bond motifs is 1. The Morgan fingerprint density at radius 1 is 1.47 bits per heavy atom. The molecule has 0 saturated carbocycles. The van der Waals surface area contributed by atoms with Gasteiger partial charge in [-0.2, -0.15) is 0 Å². The summed E-state index contributed by atoms with van der Waals surface area (Å²) in [5.41, 5.74) is -1.80. The first-order valence-corrected chi connectivity index (χ1v) is 5.57. The molecule has 5 atom stereocenters. The lowest BCUT2D eigenvalue weighted by molar-refractivity contribution is -0.155. The lowest BCUT2D eigenvalue weighted by Crippen LogP contribution is -2.52. The topological polar surface area (TPSA) is 133 Å². The summed E-state index contributed by atoms with van der Waals surface area (Å²) >= 11 is 0. The lowest BCUT2D eigenvalue weighted by Gasteiger charge is -2.29. The van der Waals surface area contributed by atoms with E-state index in [-0.39, 0.29) is 0 Å². The van der Waals surface area contributed by atoms with E-state index < -0.39 is 54.0 Å². The summed E-state index contributed by atoms with van der Waals surface area (Å²) in [4.78, 5) is 33.9. The number of ether oxygens (including phenoxy) is 1. The maximum Gasteiger partial charge on any atom is 0.329 e. The van der Waals surface area contributed by atoms with Gasteiger partial charge in [-0.15, -0.1) is 6.58 Å². The van der Waals surface area contributed by atoms with E-state index in [0.29, 0.717) is 0 Å². The van der Waals surface area contributed by atoms with E-state index in [1.54, 1.807) is 0 Å². The average Bonchev–Trinajstić information content (AvgIpc) is 2.72. The third kappa shape index (κ3) is 1.80. The van der Waals surface area contributed by atoms with Gasteiger partial charge in [0.1, 0.15) is 11.7 Å². The van der Waals surface area contributed by atoms with Gasteiger partial charge in [0.05, 0.1) is 18.4 Å². The molecule has 0 aromatic heterocycles. The van der Waals surface area contributed by atoms with Crippen LogP contribution in [-0.2, 0) is 19.1 Å². The summed E-state index contributed by atoms with van der Waals surface area (Å²) < 4.78 is 5.38. The van der Waals surface area contributed by atoms with Gasteiger partial charge >= 0.3 is 11.9 Å². The molecule has 2 rings (SSSR count). The lowest BCUT2D eigenvalue weighted by atomic mass is 9.80. The van der Waals surface area contributed by atoms with Crippen LogP contribution in [0.4, 0.5) is 0 Å². The molecule has 104 valence electrons. The van der Waals surface area contributed by atoms with E-state index in [1.165, 1.54) is 6.08 Å². The average molecular weight is 271 g/mol. The van der Waals surface area contributed by atoms with Crippen molar-refractivity contribution in [3.05, 3.63) is 12.7 Å². The van der Waals surface area contributed by atoms with Gasteiger partial charge in [-0.1, -0.05) is 6.08 Å². The number of carboxylic acids is 2. The zero-order valence-electron chi connectivity index (χ0n) is 9.78. The SMILES string of the molecule is C=C[C@@H]1O[C@@]2(CC(=O)O)[C@H](C(=O)O)NC(=O)[C@H]2[C@@H]1O. The number of carboxylic acid groups (broad SMARTS) is 2. The summed E-state index contributed by atoms with van der Waals surface area (Å²) in [7, 11) is 0. The summed E-state index contributed by atoms with van der Waals surface area (Å²) in [5.74, 6) is -4.70. The number of hydrogen-bond donors (Lipinski definition) is 4. The van der Waals surface area contributed by atoms with Crippen molar-refractivity contribution >= 4 is 17.8 Å². The van der Waals surface area contributed by atoms with Gasteiger partial charge in [-0.3, -0.25) is 9.59 Å². The molecule has 0 bridgehead atoms. The zero-order valence-corrected chi connectivity index (χ0v) is 9.78. The van der Waals surface area contributed by atoms with E-state index in [0.717, 1.165) is 0 Å². The smallest absolute Gasteiger partial charge is 0.329 e. The van der Waals surface area contributed by atoms with Crippen molar-refractivity contribution in [3.8, 4) is 0 Å². The van der Waals surface area contributed by atoms with E-state index in [4.69, 9.17) is 14.9 Å². The van der Waals surface area contributed by atoms with Crippen LogP contribution >= 0.6 is 0 Å². The minimum atomic E-state index is -1.80. The van der Waals surface area contributed by atoms with Gasteiger partial charge in [0.25, 0.3) is 0 Å². The number of aliphatic hydroxyl groups excluding tert-OH is 1. The van der Waals surface area contributed by atoms with Crippen LogP contribution in [0.15, 0.2) is 12.7 Å². The Morgan fingerprint density at radius 3 is 2.58 bits per heavy atom. The second kappa shape index (κ2) is 4.32. The fourth-order valence-corrected chi connectivity index (χ4v) is 2.80. The Hall–Kier alpha value is -1.93. The van der Waals surface area contributed by atoms with Crippen LogP contribution < -0.4 is 5.32 Å². The fraction of sp³-hybridized carbons (Fsp3) is 0.545. The molecule has 2 aliphatic heterocycles. The van der Waals surface area contributed by atoms with Crippen LogP contribution in [0.25, 0.3) is 0 Å². The zero-order chi connectivity index (χ0) is 14.4. The molecule has 0 spiro atoms. The molecular weight excluding hydrogens is 258 g/mol. The third-order valence-electron chi connectivity index (χ3n) is 3.52. The van der Waals surface area contributed by atoms with Crippen LogP contribution in [0.2, 0.25) is 0 Å². The van der Waals surface area contributed by atoms with Crippen molar-refractivity contribution in [2.24, 2.45) is 5.92 Å². The van der Waals surface area contributed by atoms with Crippen LogP contribution in [-0.4, -0.2) is 57.0 Å². The second-order valence-corrected chi connectivity index (χ2v) is 4.59. The van der Waals surface area contributed by atoms with Crippen molar-refractivity contribution in [1.29, 1.82) is 0 Å². The molecule has 2 aliphatic rings. The van der Waals surface area contributed by atoms with Gasteiger partial charge in [0.15, 0.2) is 6.04 Å². The van der Waals surface area contributed by atoms with Crippen LogP contribution in [0.1, 0.15) is 6.42 Å². The van der Waals surface area contributed by atoms with Crippen molar-refractivity contribution in [2.45, 2.75) is 30.3 Å². The Kier molecular flexibility index (Phi) is 3.07. The first kappa shape index (κ1) is 13.5. The second-order valence-electron chi connectivity index (χ2n) is 4.59. The van der Waals surface area contributed by atoms with E-state index in [2.05, 4.69) is 11.9 Å². The van der Waals surface area contributed by atoms with E-state index >= 15 is 0 Å². The van der Waals surface area contributed by atoms with Crippen molar-refractivity contribution in [2.75, 3.05) is 0 Å². The van der Waals surface area contributed by atoms with Gasteiger partial charge in [0.2, 0.25) is 5.91 Å². The third-order valence-corrected chi connectivity index (χ3v) is 3.52. The number of carbonyl (C=O) groups excluding carboxylic acids is 1. The van der Waals surface area contributed by atoms with Crippen LogP contribution in [0.5, 0.6) is 0 Å². The van der Waals surface area contributed by atoms with Gasteiger partial charge in [0, 0.05) is 0 Å². The molecule has 4 N–H and O–H groups in total. The standard InChI is InChI=1S/C11H13NO7/c1-2-4-7(15)6-9(16)12-8(10(17)18)11(6,19-4)3-5(13)14/h2,4,6-8,15H,1,3H2,(H,12,16)(H,13,14)(H,17,18)/t4-,6+,7+,8-,11+/m0/s1. The normalized spacial score (nSPS) is 40.6. The molecule has 19 heavy (non-hydrogen) atoms. The van der Waals surface area contributed by atoms with Gasteiger partial charge in [-0.05, 0) is 0 Å². The van der Waals surface area contributed by atoms with Gasteiger partial charge < -0.3 is 25.4 Å². The maximum atomic E-state index is 11.8. The molecule has 8 heteroatoms. The van der Waals surface area contributed by atoms with Crippen molar-refractivity contribution < 1.29 is 34.4 Å². The van der Waals surface area contributed by atoms with Gasteiger partial charge in [-0.25, -0.2) is 4.79 Å². The predicted molar refractivity (Wildman–Crippen MR) is 59.1 cm³/mol. The molecule has 0 unspecified atom stereocenters. The molecule has 0 radical (unpaired) electrons. The molecule has 2 saturated heterocycles. The highest BCUT2D eigenvalue weighted by Crippen LogP contribution is 2.45. The summed E-state index contributed by atoms with van der Waals surface area (Å²) in [5, 5.41) is 30.2. The monoisotopic (exact) mass is 271 g/mol. The minimum absolute atomic E-state index is 0.700. The molecule has 2 fully saturated rings. The predicted octanol–water partition coefficient (Wildman–Crippen LogP) is -1.66. The summed E-state index contributed by atoms with van der Waals surface area (Å²) in [6.07, 6.45) is -1.77. The highest BCUT2D eigenvalue weighted by molar-refractivity contribution is 5.94.